The normalized spacial score (nSPS) is 10.4. The smallest absolute Gasteiger partial charge is 0.169 e. The van der Waals surface area contributed by atoms with Gasteiger partial charge < -0.3 is 5.73 Å². The summed E-state index contributed by atoms with van der Waals surface area (Å²) in [4.78, 5) is 4.20. The summed E-state index contributed by atoms with van der Waals surface area (Å²) < 4.78 is 2.46. The fraction of sp³-hybridized carbons (Fsp3) is 0.111. The highest BCUT2D eigenvalue weighted by Crippen LogP contribution is 2.24. The van der Waals surface area contributed by atoms with Crippen molar-refractivity contribution in [2.75, 3.05) is 5.73 Å². The second-order valence-corrected chi connectivity index (χ2v) is 3.79. The Hall–Kier alpha value is -1.36. The van der Waals surface area contributed by atoms with E-state index in [4.69, 9.17) is 5.73 Å². The number of aryl methyl sites for hydroxylation is 1. The topological polar surface area (TPSA) is 56.7 Å². The van der Waals surface area contributed by atoms with E-state index in [1.165, 1.54) is 0 Å². The molecule has 0 bridgehead atoms. The van der Waals surface area contributed by atoms with Crippen molar-refractivity contribution < 1.29 is 0 Å². The number of anilines is 1. The SMILES string of the molecule is Cc1cnn(-c2nccc(N)c2Br)c1. The molecule has 0 radical (unpaired) electrons. The summed E-state index contributed by atoms with van der Waals surface area (Å²) >= 11 is 3.38. The molecule has 0 saturated heterocycles. The van der Waals surface area contributed by atoms with Crippen molar-refractivity contribution in [1.82, 2.24) is 14.8 Å². The molecule has 2 rings (SSSR count). The van der Waals surface area contributed by atoms with Gasteiger partial charge in [-0.1, -0.05) is 0 Å². The molecule has 5 heteroatoms. The van der Waals surface area contributed by atoms with Crippen LogP contribution in [0.1, 0.15) is 5.56 Å². The average molecular weight is 253 g/mol. The number of nitrogens with zero attached hydrogens (tertiary/aromatic N) is 3. The molecule has 0 saturated carbocycles. The molecule has 72 valence electrons. The minimum Gasteiger partial charge on any atom is -0.398 e. The highest BCUT2D eigenvalue weighted by atomic mass is 79.9. The summed E-state index contributed by atoms with van der Waals surface area (Å²) in [6.07, 6.45) is 5.33. The fourth-order valence-electron chi connectivity index (χ4n) is 1.14. The zero-order valence-corrected chi connectivity index (χ0v) is 9.19. The highest BCUT2D eigenvalue weighted by molar-refractivity contribution is 9.10. The van der Waals surface area contributed by atoms with Gasteiger partial charge in [0.05, 0.1) is 16.4 Å². The first-order valence-corrected chi connectivity index (χ1v) is 4.89. The molecule has 14 heavy (non-hydrogen) atoms. The molecule has 0 spiro atoms. The van der Waals surface area contributed by atoms with Crippen LogP contribution in [0.15, 0.2) is 29.1 Å². The fourth-order valence-corrected chi connectivity index (χ4v) is 1.55. The number of hydrogen-bond donors (Lipinski definition) is 1. The number of nitrogens with two attached hydrogens (primary N) is 1. The summed E-state index contributed by atoms with van der Waals surface area (Å²) in [5, 5.41) is 4.16. The predicted molar refractivity (Wildman–Crippen MR) is 58.2 cm³/mol. The Labute approximate surface area is 89.9 Å². The average Bonchev–Trinajstić information content (AvgIpc) is 2.57. The molecule has 0 aliphatic carbocycles. The lowest BCUT2D eigenvalue weighted by Crippen LogP contribution is -2.01. The van der Waals surface area contributed by atoms with Gasteiger partial charge in [-0.15, -0.1) is 0 Å². The molecule has 0 aliphatic heterocycles. The largest absolute Gasteiger partial charge is 0.398 e. The summed E-state index contributed by atoms with van der Waals surface area (Å²) in [6.45, 7) is 1.98. The van der Waals surface area contributed by atoms with Gasteiger partial charge >= 0.3 is 0 Å². The van der Waals surface area contributed by atoms with Crippen LogP contribution in [0.25, 0.3) is 5.82 Å². The van der Waals surface area contributed by atoms with Crippen molar-refractivity contribution in [3.63, 3.8) is 0 Å². The van der Waals surface area contributed by atoms with E-state index in [1.807, 2.05) is 13.1 Å². The third-order valence-electron chi connectivity index (χ3n) is 1.83. The maximum absolute atomic E-state index is 5.74. The maximum atomic E-state index is 5.74. The van der Waals surface area contributed by atoms with Crippen LogP contribution >= 0.6 is 15.9 Å². The third-order valence-corrected chi connectivity index (χ3v) is 2.64. The molecular weight excluding hydrogens is 244 g/mol. The molecule has 0 amide bonds. The Morgan fingerprint density at radius 3 is 2.93 bits per heavy atom. The number of aromatic nitrogens is 3. The zero-order chi connectivity index (χ0) is 10.1. The molecule has 2 aromatic rings. The molecule has 2 heterocycles. The van der Waals surface area contributed by atoms with Gasteiger partial charge in [-0.05, 0) is 34.5 Å². The first kappa shape index (κ1) is 9.21. The predicted octanol–water partition coefficient (Wildman–Crippen LogP) is 1.92. The van der Waals surface area contributed by atoms with Gasteiger partial charge in [0.25, 0.3) is 0 Å². The van der Waals surface area contributed by atoms with E-state index in [9.17, 15) is 0 Å². The van der Waals surface area contributed by atoms with Gasteiger partial charge in [0.15, 0.2) is 5.82 Å². The van der Waals surface area contributed by atoms with Crippen LogP contribution in [0.5, 0.6) is 0 Å². The maximum Gasteiger partial charge on any atom is 0.169 e. The monoisotopic (exact) mass is 252 g/mol. The lowest BCUT2D eigenvalue weighted by molar-refractivity contribution is 0.842. The van der Waals surface area contributed by atoms with E-state index in [2.05, 4.69) is 26.0 Å². The second-order valence-electron chi connectivity index (χ2n) is 3.00. The molecular formula is C9H9BrN4. The van der Waals surface area contributed by atoms with Crippen molar-refractivity contribution in [3.05, 3.63) is 34.7 Å². The van der Waals surface area contributed by atoms with Crippen molar-refractivity contribution in [3.8, 4) is 5.82 Å². The van der Waals surface area contributed by atoms with Gasteiger partial charge in [0, 0.05) is 12.4 Å². The molecule has 0 aromatic carbocycles. The first-order chi connectivity index (χ1) is 6.68. The van der Waals surface area contributed by atoms with Crippen LogP contribution in [0.4, 0.5) is 5.69 Å². The Morgan fingerprint density at radius 2 is 2.29 bits per heavy atom. The van der Waals surface area contributed by atoms with Gasteiger partial charge in [-0.25, -0.2) is 9.67 Å². The minimum absolute atomic E-state index is 0.656. The Kier molecular flexibility index (Phi) is 2.25. The molecule has 2 N–H and O–H groups in total. The van der Waals surface area contributed by atoms with Crippen LogP contribution < -0.4 is 5.73 Å². The Bertz CT molecular complexity index is 464. The Balaban J connectivity index is 2.57. The van der Waals surface area contributed by atoms with Crippen LogP contribution in [-0.4, -0.2) is 14.8 Å². The van der Waals surface area contributed by atoms with Crippen molar-refractivity contribution in [1.29, 1.82) is 0 Å². The summed E-state index contributed by atoms with van der Waals surface area (Å²) in [7, 11) is 0. The molecule has 0 unspecified atom stereocenters. The molecule has 0 fully saturated rings. The van der Waals surface area contributed by atoms with E-state index in [0.29, 0.717) is 11.5 Å². The lowest BCUT2D eigenvalue weighted by atomic mass is 10.4. The summed E-state index contributed by atoms with van der Waals surface area (Å²) in [6, 6.07) is 1.74. The number of rotatable bonds is 1. The van der Waals surface area contributed by atoms with Gasteiger partial charge in [0.1, 0.15) is 0 Å². The van der Waals surface area contributed by atoms with Crippen LogP contribution in [0.3, 0.4) is 0 Å². The number of pyridine rings is 1. The van der Waals surface area contributed by atoms with E-state index < -0.39 is 0 Å². The third kappa shape index (κ3) is 1.50. The van der Waals surface area contributed by atoms with Crippen molar-refractivity contribution in [2.24, 2.45) is 0 Å². The van der Waals surface area contributed by atoms with E-state index in [-0.39, 0.29) is 0 Å². The molecule has 2 aromatic heterocycles. The van der Waals surface area contributed by atoms with Crippen LogP contribution in [0.2, 0.25) is 0 Å². The molecule has 0 atom stereocenters. The van der Waals surface area contributed by atoms with E-state index in [0.717, 1.165) is 10.0 Å². The Morgan fingerprint density at radius 1 is 1.50 bits per heavy atom. The first-order valence-electron chi connectivity index (χ1n) is 4.10. The second kappa shape index (κ2) is 3.42. The zero-order valence-electron chi connectivity index (χ0n) is 7.61. The van der Waals surface area contributed by atoms with Gasteiger partial charge in [0.2, 0.25) is 0 Å². The van der Waals surface area contributed by atoms with Crippen LogP contribution in [-0.2, 0) is 0 Å². The van der Waals surface area contributed by atoms with E-state index >= 15 is 0 Å². The molecule has 4 nitrogen and oxygen atoms in total. The highest BCUT2D eigenvalue weighted by Gasteiger charge is 2.07. The standard InChI is InChI=1S/C9H9BrN4/c1-6-4-13-14(5-6)9-8(10)7(11)2-3-12-9/h2-5H,1H3,(H2,11,12). The van der Waals surface area contributed by atoms with Gasteiger partial charge in [-0.2, -0.15) is 5.10 Å². The van der Waals surface area contributed by atoms with Crippen molar-refractivity contribution in [2.45, 2.75) is 6.92 Å². The summed E-state index contributed by atoms with van der Waals surface area (Å²) in [5.41, 5.74) is 7.48. The number of halogens is 1. The van der Waals surface area contributed by atoms with Crippen LogP contribution in [0, 0.1) is 6.92 Å². The van der Waals surface area contributed by atoms with E-state index in [1.54, 1.807) is 23.1 Å². The quantitative estimate of drug-likeness (QED) is 0.844. The minimum atomic E-state index is 0.656. The number of nitrogen functional groups attached to an aromatic ring is 1. The van der Waals surface area contributed by atoms with Gasteiger partial charge in [-0.3, -0.25) is 0 Å². The number of hydrogen-bond acceptors (Lipinski definition) is 3. The van der Waals surface area contributed by atoms with Crippen molar-refractivity contribution >= 4 is 21.6 Å². The summed E-state index contributed by atoms with van der Waals surface area (Å²) in [5.74, 6) is 0.707. The molecule has 0 aliphatic rings. The lowest BCUT2D eigenvalue weighted by Gasteiger charge is -2.04.